The number of ether oxygens (including phenoxy) is 1. The smallest absolute Gasteiger partial charge is 0.411 e. The third kappa shape index (κ3) is 3.84. The van der Waals surface area contributed by atoms with Crippen molar-refractivity contribution >= 4 is 18.1 Å². The van der Waals surface area contributed by atoms with Crippen LogP contribution in [0.5, 0.6) is 0 Å². The molecule has 0 aliphatic rings. The Morgan fingerprint density at radius 2 is 1.79 bits per heavy atom. The molecule has 0 aromatic heterocycles. The Morgan fingerprint density at radius 1 is 1.25 bits per heavy atom. The number of nitro benzene ring substituents is 1. The molecule has 0 radical (unpaired) electrons. The molecule has 0 fully saturated rings. The summed E-state index contributed by atoms with van der Waals surface area (Å²) in [4.78, 5) is 34.0. The monoisotopic (exact) mass is 344 g/mol. The number of benzene rings is 1. The lowest BCUT2D eigenvalue weighted by atomic mass is 9.91. The highest BCUT2D eigenvalue weighted by Crippen LogP contribution is 2.32. The predicted octanol–water partition coefficient (Wildman–Crippen LogP) is 3.15. The number of amides is 1. The molecule has 0 bridgehead atoms. The van der Waals surface area contributed by atoms with Crippen LogP contribution < -0.4 is 0 Å². The van der Waals surface area contributed by atoms with Crippen LogP contribution in [0.3, 0.4) is 0 Å². The van der Waals surface area contributed by atoms with Gasteiger partial charge in [-0.25, -0.2) is 9.18 Å². The first-order chi connectivity index (χ1) is 10.8. The topological polar surface area (TPSA) is 89.8 Å². The van der Waals surface area contributed by atoms with E-state index in [2.05, 4.69) is 0 Å². The molecule has 9 heteroatoms. The largest absolute Gasteiger partial charge is 0.444 e. The minimum absolute atomic E-state index is 0.237. The minimum Gasteiger partial charge on any atom is -0.444 e. The van der Waals surface area contributed by atoms with Gasteiger partial charge in [-0.3, -0.25) is 15.0 Å². The van der Waals surface area contributed by atoms with E-state index < -0.39 is 45.0 Å². The van der Waals surface area contributed by atoms with Crippen LogP contribution in [0, 0.1) is 21.7 Å². The minimum atomic E-state index is -1.91. The van der Waals surface area contributed by atoms with E-state index in [1.54, 1.807) is 20.8 Å². The van der Waals surface area contributed by atoms with Crippen LogP contribution in [0.2, 0.25) is 0 Å². The molecule has 132 valence electrons. The van der Waals surface area contributed by atoms with E-state index in [-0.39, 0.29) is 6.29 Å². The molecule has 0 heterocycles. The van der Waals surface area contributed by atoms with Gasteiger partial charge in [-0.2, -0.15) is 4.39 Å². The van der Waals surface area contributed by atoms with Gasteiger partial charge in [0.15, 0.2) is 0 Å². The summed E-state index contributed by atoms with van der Waals surface area (Å²) in [5.41, 5.74) is -4.37. The van der Waals surface area contributed by atoms with E-state index >= 15 is 0 Å². The van der Waals surface area contributed by atoms with Crippen molar-refractivity contribution in [3.63, 3.8) is 0 Å². The van der Waals surface area contributed by atoms with Crippen LogP contribution in [-0.4, -0.2) is 34.9 Å². The molecule has 1 aromatic rings. The number of hydrogen-bond acceptors (Lipinski definition) is 5. The summed E-state index contributed by atoms with van der Waals surface area (Å²) in [7, 11) is 1.18. The molecule has 1 amide bonds. The summed E-state index contributed by atoms with van der Waals surface area (Å²) >= 11 is 0. The lowest BCUT2D eigenvalue weighted by Crippen LogP contribution is -2.48. The lowest BCUT2D eigenvalue weighted by Gasteiger charge is -2.35. The molecule has 1 rings (SSSR count). The van der Waals surface area contributed by atoms with Crippen molar-refractivity contribution in [1.29, 1.82) is 0 Å². The molecule has 1 unspecified atom stereocenters. The van der Waals surface area contributed by atoms with Crippen molar-refractivity contribution in [3.05, 3.63) is 39.4 Å². The van der Waals surface area contributed by atoms with Crippen molar-refractivity contribution in [2.45, 2.75) is 38.8 Å². The number of rotatable bonds is 4. The number of halogens is 2. The molecule has 7 nitrogen and oxygen atoms in total. The van der Waals surface area contributed by atoms with Crippen LogP contribution in [-0.2, 0) is 15.1 Å². The molecule has 0 aliphatic carbocycles. The fourth-order valence-electron chi connectivity index (χ4n) is 1.91. The van der Waals surface area contributed by atoms with Gasteiger partial charge in [-0.15, -0.1) is 0 Å². The van der Waals surface area contributed by atoms with E-state index in [1.165, 1.54) is 14.0 Å². The quantitative estimate of drug-likeness (QED) is 0.475. The Kier molecular flexibility index (Phi) is 5.27. The van der Waals surface area contributed by atoms with Crippen molar-refractivity contribution < 1.29 is 28.0 Å². The van der Waals surface area contributed by atoms with Gasteiger partial charge in [0.1, 0.15) is 23.2 Å². The van der Waals surface area contributed by atoms with Crippen molar-refractivity contribution in [2.75, 3.05) is 7.05 Å². The predicted molar refractivity (Wildman–Crippen MR) is 80.4 cm³/mol. The SMILES string of the molecule is CN(C(=O)OC(C)(C)C)C(C)(C=O)c1cc(F)c([N+](=O)[O-])cc1F. The number of nitrogens with zero attached hydrogens (tertiary/aromatic N) is 2. The number of hydrogen-bond donors (Lipinski definition) is 0. The Bertz CT molecular complexity index is 687. The zero-order chi connectivity index (χ0) is 18.9. The fourth-order valence-corrected chi connectivity index (χ4v) is 1.91. The highest BCUT2D eigenvalue weighted by Gasteiger charge is 2.40. The van der Waals surface area contributed by atoms with E-state index in [9.17, 15) is 28.5 Å². The van der Waals surface area contributed by atoms with E-state index in [0.717, 1.165) is 4.90 Å². The van der Waals surface area contributed by atoms with Crippen molar-refractivity contribution in [1.82, 2.24) is 4.90 Å². The van der Waals surface area contributed by atoms with E-state index in [1.807, 2.05) is 0 Å². The maximum Gasteiger partial charge on any atom is 0.411 e. The van der Waals surface area contributed by atoms with Gasteiger partial charge in [0, 0.05) is 12.6 Å². The highest BCUT2D eigenvalue weighted by molar-refractivity contribution is 5.78. The third-order valence-electron chi connectivity index (χ3n) is 3.37. The Balaban J connectivity index is 3.38. The lowest BCUT2D eigenvalue weighted by molar-refractivity contribution is -0.387. The first-order valence-electron chi connectivity index (χ1n) is 6.90. The molecule has 0 N–H and O–H groups in total. The second kappa shape index (κ2) is 6.50. The summed E-state index contributed by atoms with van der Waals surface area (Å²) in [6, 6.07) is 0.901. The zero-order valence-electron chi connectivity index (χ0n) is 13.9. The molecule has 1 aromatic carbocycles. The summed E-state index contributed by atoms with van der Waals surface area (Å²) < 4.78 is 33.2. The Hall–Kier alpha value is -2.58. The van der Waals surface area contributed by atoms with Gasteiger partial charge in [0.05, 0.1) is 11.0 Å². The molecule has 1 atom stereocenters. The second-order valence-electron chi connectivity index (χ2n) is 6.35. The zero-order valence-corrected chi connectivity index (χ0v) is 13.9. The van der Waals surface area contributed by atoms with Gasteiger partial charge in [0.2, 0.25) is 5.82 Å². The van der Waals surface area contributed by atoms with Crippen molar-refractivity contribution in [3.8, 4) is 0 Å². The number of carbonyl (C=O) groups excluding carboxylic acids is 2. The standard InChI is InChI=1S/C15H18F2N2O5/c1-14(2,3)24-13(21)18(5)15(4,8-20)9-6-11(17)12(19(22)23)7-10(9)16/h6-8H,1-5H3. The molecule has 0 saturated carbocycles. The third-order valence-corrected chi connectivity index (χ3v) is 3.37. The van der Waals surface area contributed by atoms with Gasteiger partial charge in [0.25, 0.3) is 0 Å². The molecule has 24 heavy (non-hydrogen) atoms. The Labute approximate surface area is 137 Å². The number of nitro groups is 1. The summed E-state index contributed by atoms with van der Waals surface area (Å²) in [6.07, 6.45) is -0.698. The van der Waals surface area contributed by atoms with Crippen molar-refractivity contribution in [2.24, 2.45) is 0 Å². The van der Waals surface area contributed by atoms with Gasteiger partial charge in [-0.1, -0.05) is 0 Å². The fraction of sp³-hybridized carbons (Fsp3) is 0.467. The van der Waals surface area contributed by atoms with E-state index in [4.69, 9.17) is 4.74 Å². The molecule has 0 aliphatic heterocycles. The first kappa shape index (κ1) is 19.5. The number of aldehydes is 1. The maximum atomic E-state index is 14.2. The second-order valence-corrected chi connectivity index (χ2v) is 6.35. The van der Waals surface area contributed by atoms with E-state index in [0.29, 0.717) is 12.1 Å². The number of likely N-dealkylation sites (N-methyl/N-ethyl adjacent to an activating group) is 1. The van der Waals surface area contributed by atoms with Gasteiger partial charge >= 0.3 is 11.8 Å². The van der Waals surface area contributed by atoms with Gasteiger partial charge < -0.3 is 9.53 Å². The highest BCUT2D eigenvalue weighted by atomic mass is 19.1. The molecular weight excluding hydrogens is 326 g/mol. The summed E-state index contributed by atoms with van der Waals surface area (Å²) in [5.74, 6) is -2.50. The number of carbonyl (C=O) groups is 2. The first-order valence-corrected chi connectivity index (χ1v) is 6.90. The molecular formula is C15H18F2N2O5. The summed E-state index contributed by atoms with van der Waals surface area (Å²) in [5, 5.41) is 10.6. The average molecular weight is 344 g/mol. The molecule has 0 saturated heterocycles. The van der Waals surface area contributed by atoms with Crippen LogP contribution in [0.25, 0.3) is 0 Å². The maximum absolute atomic E-state index is 14.2. The van der Waals surface area contributed by atoms with Crippen LogP contribution in [0.1, 0.15) is 33.3 Å². The normalized spacial score (nSPS) is 13.8. The summed E-state index contributed by atoms with van der Waals surface area (Å²) in [6.45, 7) is 5.98. The van der Waals surface area contributed by atoms with Crippen LogP contribution in [0.15, 0.2) is 12.1 Å². The average Bonchev–Trinajstić information content (AvgIpc) is 2.45. The van der Waals surface area contributed by atoms with Crippen LogP contribution >= 0.6 is 0 Å². The van der Waals surface area contributed by atoms with Gasteiger partial charge in [-0.05, 0) is 33.8 Å². The van der Waals surface area contributed by atoms with Crippen LogP contribution in [0.4, 0.5) is 19.3 Å². The molecule has 0 spiro atoms. The Morgan fingerprint density at radius 3 is 2.21 bits per heavy atom.